The number of aromatic amines is 1. The quantitative estimate of drug-likeness (QED) is 0.733. The minimum atomic E-state index is 0.828. The largest absolute Gasteiger partial charge is 0.339 e. The third-order valence-electron chi connectivity index (χ3n) is 3.16. The normalized spacial score (nSPS) is 10.5. The van der Waals surface area contributed by atoms with Crippen LogP contribution in [0.5, 0.6) is 0 Å². The molecule has 0 aliphatic rings. The van der Waals surface area contributed by atoms with Crippen molar-refractivity contribution in [1.29, 1.82) is 0 Å². The SMILES string of the molecule is Cc1cc(C)cc(Nc2cc(-c3ccccc3)[nH]n2)c1. The smallest absolute Gasteiger partial charge is 0.152 e. The van der Waals surface area contributed by atoms with Crippen molar-refractivity contribution in [2.24, 2.45) is 0 Å². The Hall–Kier alpha value is -2.55. The number of nitrogens with one attached hydrogen (secondary N) is 2. The number of hydrogen-bond acceptors (Lipinski definition) is 2. The number of aromatic nitrogens is 2. The zero-order valence-corrected chi connectivity index (χ0v) is 11.6. The second-order valence-corrected chi connectivity index (χ2v) is 5.03. The van der Waals surface area contributed by atoms with Crippen LogP contribution in [-0.2, 0) is 0 Å². The summed E-state index contributed by atoms with van der Waals surface area (Å²) in [7, 11) is 0. The summed E-state index contributed by atoms with van der Waals surface area (Å²) in [5, 5.41) is 10.7. The van der Waals surface area contributed by atoms with Crippen LogP contribution >= 0.6 is 0 Å². The number of hydrogen-bond donors (Lipinski definition) is 2. The van der Waals surface area contributed by atoms with Gasteiger partial charge in [-0.25, -0.2) is 0 Å². The highest BCUT2D eigenvalue weighted by Gasteiger charge is 2.04. The lowest BCUT2D eigenvalue weighted by atomic mass is 10.1. The van der Waals surface area contributed by atoms with Gasteiger partial charge in [0, 0.05) is 11.8 Å². The van der Waals surface area contributed by atoms with Crippen LogP contribution in [0.1, 0.15) is 11.1 Å². The molecule has 0 radical (unpaired) electrons. The first-order valence-electron chi connectivity index (χ1n) is 6.67. The fourth-order valence-electron chi connectivity index (χ4n) is 2.35. The van der Waals surface area contributed by atoms with Gasteiger partial charge < -0.3 is 5.32 Å². The van der Waals surface area contributed by atoms with E-state index >= 15 is 0 Å². The molecule has 0 spiro atoms. The molecule has 2 N–H and O–H groups in total. The van der Waals surface area contributed by atoms with Crippen LogP contribution in [0.15, 0.2) is 54.6 Å². The van der Waals surface area contributed by atoms with E-state index in [1.165, 1.54) is 11.1 Å². The van der Waals surface area contributed by atoms with Crippen LogP contribution in [0.25, 0.3) is 11.3 Å². The Labute approximate surface area is 118 Å². The highest BCUT2D eigenvalue weighted by molar-refractivity contribution is 5.66. The standard InChI is InChI=1S/C17H17N3/c1-12-8-13(2)10-15(9-12)18-17-11-16(19-20-17)14-6-4-3-5-7-14/h3-11H,1-2H3,(H2,18,19,20). The zero-order chi connectivity index (χ0) is 13.9. The van der Waals surface area contributed by atoms with Crippen molar-refractivity contribution in [2.75, 3.05) is 5.32 Å². The minimum Gasteiger partial charge on any atom is -0.339 e. The second kappa shape index (κ2) is 5.21. The molecule has 0 aliphatic carbocycles. The highest BCUT2D eigenvalue weighted by Crippen LogP contribution is 2.22. The topological polar surface area (TPSA) is 40.7 Å². The fourth-order valence-corrected chi connectivity index (χ4v) is 2.35. The van der Waals surface area contributed by atoms with Crippen molar-refractivity contribution in [3.8, 4) is 11.3 Å². The van der Waals surface area contributed by atoms with Gasteiger partial charge in [-0.3, -0.25) is 5.10 Å². The number of nitrogens with zero attached hydrogens (tertiary/aromatic N) is 1. The molecule has 0 fully saturated rings. The average Bonchev–Trinajstić information content (AvgIpc) is 2.87. The molecule has 0 bridgehead atoms. The number of rotatable bonds is 3. The lowest BCUT2D eigenvalue weighted by molar-refractivity contribution is 1.10. The van der Waals surface area contributed by atoms with E-state index in [9.17, 15) is 0 Å². The van der Waals surface area contributed by atoms with Crippen molar-refractivity contribution in [1.82, 2.24) is 10.2 Å². The van der Waals surface area contributed by atoms with Crippen LogP contribution in [0.4, 0.5) is 11.5 Å². The first kappa shape index (κ1) is 12.5. The Kier molecular flexibility index (Phi) is 3.25. The van der Waals surface area contributed by atoms with Gasteiger partial charge in [0.2, 0.25) is 0 Å². The molecule has 20 heavy (non-hydrogen) atoms. The maximum atomic E-state index is 4.31. The van der Waals surface area contributed by atoms with Crippen LogP contribution in [0, 0.1) is 13.8 Å². The van der Waals surface area contributed by atoms with Gasteiger partial charge in [-0.2, -0.15) is 5.10 Å². The first-order valence-corrected chi connectivity index (χ1v) is 6.67. The molecule has 3 nitrogen and oxygen atoms in total. The molecule has 0 amide bonds. The zero-order valence-electron chi connectivity index (χ0n) is 11.6. The Balaban J connectivity index is 1.84. The number of H-pyrrole nitrogens is 1. The highest BCUT2D eigenvalue weighted by atomic mass is 15.2. The summed E-state index contributed by atoms with van der Waals surface area (Å²) in [6.45, 7) is 4.19. The Morgan fingerprint density at radius 1 is 0.900 bits per heavy atom. The van der Waals surface area contributed by atoms with Crippen molar-refractivity contribution in [3.05, 3.63) is 65.7 Å². The van der Waals surface area contributed by atoms with Gasteiger partial charge in [0.1, 0.15) is 0 Å². The molecule has 100 valence electrons. The lowest BCUT2D eigenvalue weighted by Crippen LogP contribution is -1.91. The van der Waals surface area contributed by atoms with Gasteiger partial charge in [0.25, 0.3) is 0 Å². The lowest BCUT2D eigenvalue weighted by Gasteiger charge is -2.05. The van der Waals surface area contributed by atoms with E-state index < -0.39 is 0 Å². The van der Waals surface area contributed by atoms with E-state index in [0.29, 0.717) is 0 Å². The Morgan fingerprint density at radius 2 is 1.60 bits per heavy atom. The molecule has 0 saturated carbocycles. The first-order chi connectivity index (χ1) is 9.70. The van der Waals surface area contributed by atoms with Gasteiger partial charge >= 0.3 is 0 Å². The van der Waals surface area contributed by atoms with Crippen molar-refractivity contribution >= 4 is 11.5 Å². The molecule has 0 unspecified atom stereocenters. The number of anilines is 2. The Morgan fingerprint density at radius 3 is 2.30 bits per heavy atom. The monoisotopic (exact) mass is 263 g/mol. The molecule has 0 saturated heterocycles. The molecular formula is C17H17N3. The summed E-state index contributed by atoms with van der Waals surface area (Å²) in [5.74, 6) is 0.828. The summed E-state index contributed by atoms with van der Waals surface area (Å²) in [6.07, 6.45) is 0. The van der Waals surface area contributed by atoms with Crippen LogP contribution in [-0.4, -0.2) is 10.2 Å². The molecule has 3 heteroatoms. The summed E-state index contributed by atoms with van der Waals surface area (Å²) >= 11 is 0. The van der Waals surface area contributed by atoms with Gasteiger partial charge in [-0.05, 0) is 42.7 Å². The molecule has 0 aliphatic heterocycles. The number of benzene rings is 2. The number of aryl methyl sites for hydroxylation is 2. The van der Waals surface area contributed by atoms with E-state index in [4.69, 9.17) is 0 Å². The van der Waals surface area contributed by atoms with Gasteiger partial charge in [-0.15, -0.1) is 0 Å². The third kappa shape index (κ3) is 2.72. The van der Waals surface area contributed by atoms with E-state index in [0.717, 1.165) is 22.8 Å². The van der Waals surface area contributed by atoms with Crippen molar-refractivity contribution in [2.45, 2.75) is 13.8 Å². The van der Waals surface area contributed by atoms with Crippen molar-refractivity contribution in [3.63, 3.8) is 0 Å². The Bertz CT molecular complexity index is 694. The van der Waals surface area contributed by atoms with E-state index in [-0.39, 0.29) is 0 Å². The minimum absolute atomic E-state index is 0.828. The summed E-state index contributed by atoms with van der Waals surface area (Å²) in [4.78, 5) is 0. The van der Waals surface area contributed by atoms with E-state index in [1.54, 1.807) is 0 Å². The fraction of sp³-hybridized carbons (Fsp3) is 0.118. The molecule has 1 heterocycles. The van der Waals surface area contributed by atoms with Gasteiger partial charge in [0.05, 0.1) is 5.69 Å². The predicted octanol–water partition coefficient (Wildman–Crippen LogP) is 4.44. The molecule has 2 aromatic carbocycles. The third-order valence-corrected chi connectivity index (χ3v) is 3.16. The maximum absolute atomic E-state index is 4.31. The molecule has 3 aromatic rings. The maximum Gasteiger partial charge on any atom is 0.152 e. The summed E-state index contributed by atoms with van der Waals surface area (Å²) in [5.41, 5.74) is 5.69. The van der Waals surface area contributed by atoms with Gasteiger partial charge in [0.15, 0.2) is 5.82 Å². The van der Waals surface area contributed by atoms with Crippen LogP contribution in [0.2, 0.25) is 0 Å². The summed E-state index contributed by atoms with van der Waals surface area (Å²) in [6, 6.07) is 18.6. The summed E-state index contributed by atoms with van der Waals surface area (Å²) < 4.78 is 0. The van der Waals surface area contributed by atoms with E-state index in [1.807, 2.05) is 24.3 Å². The second-order valence-electron chi connectivity index (χ2n) is 5.03. The van der Waals surface area contributed by atoms with Crippen molar-refractivity contribution < 1.29 is 0 Å². The van der Waals surface area contributed by atoms with E-state index in [2.05, 4.69) is 59.7 Å². The molecule has 3 rings (SSSR count). The molecular weight excluding hydrogens is 246 g/mol. The predicted molar refractivity (Wildman–Crippen MR) is 83.2 cm³/mol. The molecule has 0 atom stereocenters. The molecule has 1 aromatic heterocycles. The average molecular weight is 263 g/mol. The van der Waals surface area contributed by atoms with Crippen LogP contribution in [0.3, 0.4) is 0 Å². The van der Waals surface area contributed by atoms with Gasteiger partial charge in [-0.1, -0.05) is 36.4 Å². The van der Waals surface area contributed by atoms with Crippen LogP contribution < -0.4 is 5.32 Å².